The Hall–Kier alpha value is -1.56. The van der Waals surface area contributed by atoms with Crippen LogP contribution in [0.25, 0.3) is 0 Å². The van der Waals surface area contributed by atoms with E-state index in [0.29, 0.717) is 22.3 Å². The number of aromatic nitrogens is 2. The SMILES string of the molecule is O=C(Cc1ccc(Cl)c(Cl)c1)Nc1cnn(CC2CCCO2)c1. The first kappa shape index (κ1) is 16.3. The molecule has 1 atom stereocenters. The average Bonchev–Trinajstić information content (AvgIpc) is 3.16. The summed E-state index contributed by atoms with van der Waals surface area (Å²) in [6, 6.07) is 5.17. The van der Waals surface area contributed by atoms with Gasteiger partial charge in [-0.15, -0.1) is 0 Å². The fraction of sp³-hybridized carbons (Fsp3) is 0.375. The van der Waals surface area contributed by atoms with E-state index in [1.165, 1.54) is 0 Å². The third kappa shape index (κ3) is 4.47. The van der Waals surface area contributed by atoms with Crippen LogP contribution >= 0.6 is 23.2 Å². The summed E-state index contributed by atoms with van der Waals surface area (Å²) in [6.45, 7) is 1.53. The van der Waals surface area contributed by atoms with Crippen molar-refractivity contribution in [3.05, 3.63) is 46.2 Å². The van der Waals surface area contributed by atoms with Crippen molar-refractivity contribution in [2.24, 2.45) is 0 Å². The second-order valence-corrected chi connectivity index (χ2v) is 6.37. The molecule has 0 aliphatic carbocycles. The van der Waals surface area contributed by atoms with E-state index in [1.807, 2.05) is 6.20 Å². The number of rotatable bonds is 5. The van der Waals surface area contributed by atoms with Crippen molar-refractivity contribution in [3.8, 4) is 0 Å². The molecule has 1 aromatic heterocycles. The maximum absolute atomic E-state index is 12.1. The molecule has 0 saturated carbocycles. The number of anilines is 1. The molecule has 2 heterocycles. The van der Waals surface area contributed by atoms with Crippen molar-refractivity contribution < 1.29 is 9.53 Å². The van der Waals surface area contributed by atoms with E-state index in [4.69, 9.17) is 27.9 Å². The molecule has 0 bridgehead atoms. The maximum Gasteiger partial charge on any atom is 0.228 e. The van der Waals surface area contributed by atoms with Crippen molar-refractivity contribution in [2.45, 2.75) is 31.9 Å². The second-order valence-electron chi connectivity index (χ2n) is 5.56. The lowest BCUT2D eigenvalue weighted by Crippen LogP contribution is -2.15. The summed E-state index contributed by atoms with van der Waals surface area (Å²) in [6.07, 6.45) is 6.05. The van der Waals surface area contributed by atoms with E-state index < -0.39 is 0 Å². The van der Waals surface area contributed by atoms with Gasteiger partial charge in [0.2, 0.25) is 5.91 Å². The number of amides is 1. The first-order valence-electron chi connectivity index (χ1n) is 7.48. The van der Waals surface area contributed by atoms with Crippen molar-refractivity contribution in [1.29, 1.82) is 0 Å². The first-order chi connectivity index (χ1) is 11.1. The molecule has 5 nitrogen and oxygen atoms in total. The van der Waals surface area contributed by atoms with E-state index in [1.54, 1.807) is 29.1 Å². The molecule has 2 aromatic rings. The number of halogens is 2. The molecular formula is C16H17Cl2N3O2. The largest absolute Gasteiger partial charge is 0.376 e. The topological polar surface area (TPSA) is 56.2 Å². The van der Waals surface area contributed by atoms with Crippen molar-refractivity contribution in [1.82, 2.24) is 9.78 Å². The van der Waals surface area contributed by atoms with Crippen LogP contribution in [0.4, 0.5) is 5.69 Å². The Bertz CT molecular complexity index is 696. The summed E-state index contributed by atoms with van der Waals surface area (Å²) in [7, 11) is 0. The van der Waals surface area contributed by atoms with Crippen molar-refractivity contribution in [2.75, 3.05) is 11.9 Å². The van der Waals surface area contributed by atoms with E-state index >= 15 is 0 Å². The molecule has 23 heavy (non-hydrogen) atoms. The van der Waals surface area contributed by atoms with Gasteiger partial charge < -0.3 is 10.1 Å². The standard InChI is InChI=1S/C16H17Cl2N3O2/c17-14-4-3-11(6-15(14)18)7-16(22)20-12-8-19-21(9-12)10-13-2-1-5-23-13/h3-4,6,8-9,13H,1-2,5,7,10H2,(H,20,22). The maximum atomic E-state index is 12.1. The summed E-state index contributed by atoms with van der Waals surface area (Å²) >= 11 is 11.8. The van der Waals surface area contributed by atoms with Crippen LogP contribution in [-0.4, -0.2) is 28.4 Å². The van der Waals surface area contributed by atoms with Gasteiger partial charge in [0.15, 0.2) is 0 Å². The number of carbonyl (C=O) groups excluding carboxylic acids is 1. The van der Waals surface area contributed by atoms with Gasteiger partial charge >= 0.3 is 0 Å². The fourth-order valence-electron chi connectivity index (χ4n) is 2.57. The second kappa shape index (κ2) is 7.34. The molecule has 1 aromatic carbocycles. The molecule has 1 saturated heterocycles. The van der Waals surface area contributed by atoms with Crippen LogP contribution in [-0.2, 0) is 22.5 Å². The Morgan fingerprint density at radius 3 is 3.00 bits per heavy atom. The molecule has 3 rings (SSSR count). The van der Waals surface area contributed by atoms with Gasteiger partial charge in [-0.1, -0.05) is 29.3 Å². The Labute approximate surface area is 144 Å². The molecule has 1 fully saturated rings. The highest BCUT2D eigenvalue weighted by molar-refractivity contribution is 6.42. The fourth-order valence-corrected chi connectivity index (χ4v) is 2.89. The summed E-state index contributed by atoms with van der Waals surface area (Å²) in [4.78, 5) is 12.1. The lowest BCUT2D eigenvalue weighted by Gasteiger charge is -2.08. The molecule has 122 valence electrons. The number of hydrogen-bond acceptors (Lipinski definition) is 3. The molecule has 1 aliphatic heterocycles. The van der Waals surface area contributed by atoms with Crippen molar-refractivity contribution in [3.63, 3.8) is 0 Å². The number of nitrogens with zero attached hydrogens (tertiary/aromatic N) is 2. The average molecular weight is 354 g/mol. The summed E-state index contributed by atoms with van der Waals surface area (Å²) in [5, 5.41) is 8.00. The first-order valence-corrected chi connectivity index (χ1v) is 8.23. The van der Waals surface area contributed by atoms with Gasteiger partial charge in [0.05, 0.1) is 41.0 Å². The summed E-state index contributed by atoms with van der Waals surface area (Å²) < 4.78 is 7.37. The number of carbonyl (C=O) groups is 1. The number of nitrogens with one attached hydrogen (secondary N) is 1. The van der Waals surface area contributed by atoms with Crippen LogP contribution in [0.5, 0.6) is 0 Å². The number of ether oxygens (including phenoxy) is 1. The normalized spacial score (nSPS) is 17.4. The highest BCUT2D eigenvalue weighted by Gasteiger charge is 2.16. The Kier molecular flexibility index (Phi) is 5.20. The smallest absolute Gasteiger partial charge is 0.228 e. The predicted molar refractivity (Wildman–Crippen MR) is 90.0 cm³/mol. The van der Waals surface area contributed by atoms with Crippen LogP contribution < -0.4 is 5.32 Å². The molecule has 1 aliphatic rings. The van der Waals surface area contributed by atoms with Gasteiger partial charge in [0.1, 0.15) is 0 Å². The quantitative estimate of drug-likeness (QED) is 0.893. The lowest BCUT2D eigenvalue weighted by molar-refractivity contribution is -0.115. The zero-order chi connectivity index (χ0) is 16.2. The Morgan fingerprint density at radius 2 is 2.26 bits per heavy atom. The van der Waals surface area contributed by atoms with Crippen LogP contribution in [0.1, 0.15) is 18.4 Å². The van der Waals surface area contributed by atoms with Gasteiger partial charge in [-0.3, -0.25) is 9.48 Å². The van der Waals surface area contributed by atoms with Gasteiger partial charge in [-0.2, -0.15) is 5.10 Å². The third-order valence-electron chi connectivity index (χ3n) is 3.68. The van der Waals surface area contributed by atoms with Gasteiger partial charge in [0, 0.05) is 12.8 Å². The van der Waals surface area contributed by atoms with Crippen LogP contribution in [0.2, 0.25) is 10.0 Å². The highest BCUT2D eigenvalue weighted by Crippen LogP contribution is 2.23. The summed E-state index contributed by atoms with van der Waals surface area (Å²) in [5.74, 6) is -0.125. The Morgan fingerprint density at radius 1 is 1.39 bits per heavy atom. The molecule has 1 N–H and O–H groups in total. The lowest BCUT2D eigenvalue weighted by atomic mass is 10.1. The van der Waals surface area contributed by atoms with Crippen molar-refractivity contribution >= 4 is 34.8 Å². The molecule has 1 amide bonds. The molecular weight excluding hydrogens is 337 g/mol. The van der Waals surface area contributed by atoms with Crippen LogP contribution in [0.15, 0.2) is 30.6 Å². The molecule has 0 radical (unpaired) electrons. The molecule has 0 spiro atoms. The predicted octanol–water partition coefficient (Wildman–Crippen LogP) is 3.55. The van der Waals surface area contributed by atoms with E-state index in [-0.39, 0.29) is 18.4 Å². The third-order valence-corrected chi connectivity index (χ3v) is 4.42. The van der Waals surface area contributed by atoms with E-state index in [9.17, 15) is 4.79 Å². The number of hydrogen-bond donors (Lipinski definition) is 1. The minimum atomic E-state index is -0.125. The number of benzene rings is 1. The van der Waals surface area contributed by atoms with Crippen LogP contribution in [0, 0.1) is 0 Å². The van der Waals surface area contributed by atoms with Crippen LogP contribution in [0.3, 0.4) is 0 Å². The minimum absolute atomic E-state index is 0.125. The van der Waals surface area contributed by atoms with Gasteiger partial charge in [-0.25, -0.2) is 0 Å². The monoisotopic (exact) mass is 353 g/mol. The van der Waals surface area contributed by atoms with E-state index in [0.717, 1.165) is 25.0 Å². The summed E-state index contributed by atoms with van der Waals surface area (Å²) in [5.41, 5.74) is 1.48. The minimum Gasteiger partial charge on any atom is -0.376 e. The zero-order valence-corrected chi connectivity index (χ0v) is 14.0. The zero-order valence-electron chi connectivity index (χ0n) is 12.5. The molecule has 7 heteroatoms. The highest BCUT2D eigenvalue weighted by atomic mass is 35.5. The Balaban J connectivity index is 1.55. The van der Waals surface area contributed by atoms with Gasteiger partial charge in [0.25, 0.3) is 0 Å². The van der Waals surface area contributed by atoms with Gasteiger partial charge in [-0.05, 0) is 30.5 Å². The van der Waals surface area contributed by atoms with E-state index in [2.05, 4.69) is 10.4 Å². The molecule has 1 unspecified atom stereocenters.